The van der Waals surface area contributed by atoms with Gasteiger partial charge in [0.2, 0.25) is 0 Å². The van der Waals surface area contributed by atoms with Crippen molar-refractivity contribution in [3.8, 4) is 0 Å². The predicted octanol–water partition coefficient (Wildman–Crippen LogP) is 2.54. The lowest BCUT2D eigenvalue weighted by molar-refractivity contribution is -0.173. The van der Waals surface area contributed by atoms with Crippen LogP contribution in [0.3, 0.4) is 0 Å². The van der Waals surface area contributed by atoms with Gasteiger partial charge in [-0.2, -0.15) is 13.2 Å². The molecule has 0 amide bonds. The van der Waals surface area contributed by atoms with E-state index in [0.717, 1.165) is 0 Å². The number of pyridine rings is 1. The maximum absolute atomic E-state index is 11.7. The third kappa shape index (κ3) is 4.95. The largest absolute Gasteiger partial charge is 0.411 e. The van der Waals surface area contributed by atoms with Crippen LogP contribution in [0.5, 0.6) is 0 Å². The van der Waals surface area contributed by atoms with Crippen molar-refractivity contribution in [3.05, 3.63) is 29.6 Å². The molecular weight excluding hydrogens is 235 g/mol. The number of ketones is 1. The van der Waals surface area contributed by atoms with E-state index in [1.165, 1.54) is 6.20 Å². The number of ether oxygens (including phenoxy) is 1. The SMILES string of the molecule is Cc1cccnc1C(=O)CCOCC(F)(F)F. The summed E-state index contributed by atoms with van der Waals surface area (Å²) >= 11 is 0. The van der Waals surface area contributed by atoms with Crippen molar-refractivity contribution >= 4 is 5.78 Å². The van der Waals surface area contributed by atoms with Gasteiger partial charge in [0.1, 0.15) is 12.3 Å². The molecule has 1 rings (SSSR count). The summed E-state index contributed by atoms with van der Waals surface area (Å²) in [6, 6.07) is 3.41. The molecular formula is C11H12F3NO2. The Morgan fingerprint density at radius 2 is 2.18 bits per heavy atom. The molecule has 0 N–H and O–H groups in total. The van der Waals surface area contributed by atoms with Crippen molar-refractivity contribution < 1.29 is 22.7 Å². The molecule has 0 saturated heterocycles. The zero-order valence-corrected chi connectivity index (χ0v) is 9.25. The Labute approximate surface area is 96.6 Å². The van der Waals surface area contributed by atoms with Crippen LogP contribution in [0.1, 0.15) is 22.5 Å². The van der Waals surface area contributed by atoms with E-state index in [-0.39, 0.29) is 24.5 Å². The van der Waals surface area contributed by atoms with E-state index in [4.69, 9.17) is 0 Å². The van der Waals surface area contributed by atoms with Gasteiger partial charge in [0.25, 0.3) is 0 Å². The Kier molecular flexibility index (Phi) is 4.62. The lowest BCUT2D eigenvalue weighted by Gasteiger charge is -2.07. The second-order valence-electron chi connectivity index (χ2n) is 3.51. The van der Waals surface area contributed by atoms with Crippen molar-refractivity contribution in [1.82, 2.24) is 4.98 Å². The quantitative estimate of drug-likeness (QED) is 0.593. The van der Waals surface area contributed by atoms with E-state index in [1.54, 1.807) is 19.1 Å². The number of rotatable bonds is 5. The molecule has 0 unspecified atom stereocenters. The standard InChI is InChI=1S/C11H12F3NO2/c1-8-3-2-5-15-10(8)9(16)4-6-17-7-11(12,13)14/h2-3,5H,4,6-7H2,1H3. The van der Waals surface area contributed by atoms with E-state index in [9.17, 15) is 18.0 Å². The minimum Gasteiger partial charge on any atom is -0.372 e. The molecule has 0 aromatic carbocycles. The first-order chi connectivity index (χ1) is 7.90. The second-order valence-corrected chi connectivity index (χ2v) is 3.51. The number of aryl methyl sites for hydroxylation is 1. The van der Waals surface area contributed by atoms with Crippen molar-refractivity contribution in [2.24, 2.45) is 0 Å². The Balaban J connectivity index is 2.39. The van der Waals surface area contributed by atoms with Crippen LogP contribution in [0, 0.1) is 6.92 Å². The minimum absolute atomic E-state index is 0.103. The van der Waals surface area contributed by atoms with Gasteiger partial charge in [0.05, 0.1) is 6.61 Å². The van der Waals surface area contributed by atoms with Gasteiger partial charge in [0, 0.05) is 12.6 Å². The second kappa shape index (κ2) is 5.77. The summed E-state index contributed by atoms with van der Waals surface area (Å²) in [6.45, 7) is 0.132. The molecule has 1 heterocycles. The molecule has 0 atom stereocenters. The molecule has 0 bridgehead atoms. The van der Waals surface area contributed by atoms with Gasteiger partial charge in [-0.15, -0.1) is 0 Å². The van der Waals surface area contributed by atoms with Crippen molar-refractivity contribution in [2.75, 3.05) is 13.2 Å². The molecule has 0 aliphatic carbocycles. The molecule has 94 valence electrons. The Hall–Kier alpha value is -1.43. The molecule has 0 radical (unpaired) electrons. The van der Waals surface area contributed by atoms with Crippen LogP contribution in [0.25, 0.3) is 0 Å². The first kappa shape index (κ1) is 13.6. The monoisotopic (exact) mass is 247 g/mol. The van der Waals surface area contributed by atoms with E-state index in [2.05, 4.69) is 9.72 Å². The van der Waals surface area contributed by atoms with Gasteiger partial charge >= 0.3 is 6.18 Å². The van der Waals surface area contributed by atoms with Gasteiger partial charge in [-0.25, -0.2) is 0 Å². The highest BCUT2D eigenvalue weighted by molar-refractivity contribution is 5.95. The molecule has 0 aliphatic rings. The van der Waals surface area contributed by atoms with E-state index >= 15 is 0 Å². The maximum Gasteiger partial charge on any atom is 0.411 e. The van der Waals surface area contributed by atoms with E-state index in [1.807, 2.05) is 0 Å². The highest BCUT2D eigenvalue weighted by atomic mass is 19.4. The number of nitrogens with zero attached hydrogens (tertiary/aromatic N) is 1. The molecule has 17 heavy (non-hydrogen) atoms. The zero-order chi connectivity index (χ0) is 12.9. The fraction of sp³-hybridized carbons (Fsp3) is 0.455. The van der Waals surface area contributed by atoms with Crippen LogP contribution >= 0.6 is 0 Å². The molecule has 0 aliphatic heterocycles. The van der Waals surface area contributed by atoms with Gasteiger partial charge in [-0.3, -0.25) is 9.78 Å². The smallest absolute Gasteiger partial charge is 0.372 e. The fourth-order valence-corrected chi connectivity index (χ4v) is 1.25. The number of carbonyl (C=O) groups excluding carboxylic acids is 1. The van der Waals surface area contributed by atoms with Gasteiger partial charge in [0.15, 0.2) is 5.78 Å². The van der Waals surface area contributed by atoms with Crippen molar-refractivity contribution in [2.45, 2.75) is 19.5 Å². The summed E-state index contributed by atoms with van der Waals surface area (Å²) in [6.07, 6.45) is -2.99. The van der Waals surface area contributed by atoms with Crippen LogP contribution < -0.4 is 0 Å². The first-order valence-corrected chi connectivity index (χ1v) is 4.99. The summed E-state index contributed by atoms with van der Waals surface area (Å²) < 4.78 is 39.6. The Morgan fingerprint density at radius 1 is 1.47 bits per heavy atom. The maximum atomic E-state index is 11.7. The van der Waals surface area contributed by atoms with Crippen LogP contribution in [0.15, 0.2) is 18.3 Å². The first-order valence-electron chi connectivity index (χ1n) is 4.99. The Bertz CT molecular complexity index is 391. The summed E-state index contributed by atoms with van der Waals surface area (Å²) in [5.41, 5.74) is 0.983. The van der Waals surface area contributed by atoms with Crippen LogP contribution in [-0.4, -0.2) is 30.2 Å². The number of Topliss-reactive ketones (excluding diaryl/α,β-unsaturated/α-hetero) is 1. The molecule has 0 spiro atoms. The van der Waals surface area contributed by atoms with Crippen LogP contribution in [0.4, 0.5) is 13.2 Å². The average molecular weight is 247 g/mol. The lowest BCUT2D eigenvalue weighted by atomic mass is 10.1. The average Bonchev–Trinajstić information content (AvgIpc) is 2.23. The lowest BCUT2D eigenvalue weighted by Crippen LogP contribution is -2.18. The highest BCUT2D eigenvalue weighted by Gasteiger charge is 2.27. The summed E-state index contributed by atoms with van der Waals surface area (Å²) in [5.74, 6) is -0.315. The molecule has 0 saturated carbocycles. The highest BCUT2D eigenvalue weighted by Crippen LogP contribution is 2.14. The molecule has 6 heteroatoms. The number of halogens is 3. The van der Waals surface area contributed by atoms with Gasteiger partial charge < -0.3 is 4.74 Å². The molecule has 0 fully saturated rings. The third-order valence-corrected chi connectivity index (χ3v) is 2.01. The summed E-state index contributed by atoms with van der Waals surface area (Å²) in [7, 11) is 0. The predicted molar refractivity (Wildman–Crippen MR) is 54.8 cm³/mol. The van der Waals surface area contributed by atoms with E-state index in [0.29, 0.717) is 5.56 Å². The van der Waals surface area contributed by atoms with Crippen LogP contribution in [0.2, 0.25) is 0 Å². The molecule has 1 aromatic heterocycles. The topological polar surface area (TPSA) is 39.2 Å². The number of alkyl halides is 3. The normalized spacial score (nSPS) is 11.5. The Morgan fingerprint density at radius 3 is 2.76 bits per heavy atom. The van der Waals surface area contributed by atoms with E-state index < -0.39 is 12.8 Å². The summed E-state index contributed by atoms with van der Waals surface area (Å²) in [5, 5.41) is 0. The molecule has 1 aromatic rings. The van der Waals surface area contributed by atoms with Crippen molar-refractivity contribution in [3.63, 3.8) is 0 Å². The number of hydrogen-bond acceptors (Lipinski definition) is 3. The third-order valence-electron chi connectivity index (χ3n) is 2.01. The van der Waals surface area contributed by atoms with Crippen molar-refractivity contribution in [1.29, 1.82) is 0 Å². The zero-order valence-electron chi connectivity index (χ0n) is 9.25. The van der Waals surface area contributed by atoms with Gasteiger partial charge in [-0.1, -0.05) is 6.07 Å². The minimum atomic E-state index is -4.36. The summed E-state index contributed by atoms with van der Waals surface area (Å²) in [4.78, 5) is 15.4. The number of carbonyl (C=O) groups is 1. The molecule has 3 nitrogen and oxygen atoms in total. The number of hydrogen-bond donors (Lipinski definition) is 0. The van der Waals surface area contributed by atoms with Crippen LogP contribution in [-0.2, 0) is 4.74 Å². The van der Waals surface area contributed by atoms with Gasteiger partial charge in [-0.05, 0) is 18.6 Å². The fourth-order valence-electron chi connectivity index (χ4n) is 1.25. The number of aromatic nitrogens is 1.